The summed E-state index contributed by atoms with van der Waals surface area (Å²) in [4.78, 5) is 15.9. The first-order chi connectivity index (χ1) is 11.3. The van der Waals surface area contributed by atoms with Gasteiger partial charge in [-0.15, -0.1) is 0 Å². The van der Waals surface area contributed by atoms with Gasteiger partial charge in [0.05, 0.1) is 13.7 Å². The maximum absolute atomic E-state index is 11.9. The third-order valence-electron chi connectivity index (χ3n) is 3.26. The molecule has 0 spiro atoms. The van der Waals surface area contributed by atoms with Crippen LogP contribution in [-0.2, 0) is 6.54 Å². The van der Waals surface area contributed by atoms with Crippen molar-refractivity contribution >= 4 is 5.91 Å². The number of pyridine rings is 1. The van der Waals surface area contributed by atoms with Crippen molar-refractivity contribution in [1.82, 2.24) is 15.5 Å². The highest BCUT2D eigenvalue weighted by Crippen LogP contribution is 2.23. The van der Waals surface area contributed by atoms with Crippen molar-refractivity contribution in [2.45, 2.75) is 6.54 Å². The lowest BCUT2D eigenvalue weighted by molar-refractivity contribution is 0.0945. The second-order valence-corrected chi connectivity index (χ2v) is 4.81. The summed E-state index contributed by atoms with van der Waals surface area (Å²) in [5, 5.41) is 6.71. The molecule has 2 aromatic heterocycles. The number of hydrogen-bond acceptors (Lipinski definition) is 5. The van der Waals surface area contributed by atoms with E-state index in [1.54, 1.807) is 37.6 Å². The number of aromatic nitrogens is 2. The fourth-order valence-corrected chi connectivity index (χ4v) is 2.04. The minimum atomic E-state index is -0.250. The van der Waals surface area contributed by atoms with Crippen molar-refractivity contribution in [2.24, 2.45) is 0 Å². The minimum Gasteiger partial charge on any atom is -0.497 e. The van der Waals surface area contributed by atoms with Gasteiger partial charge in [0.15, 0.2) is 5.76 Å². The average Bonchev–Trinajstić information content (AvgIpc) is 3.09. The SMILES string of the molecule is COc1ccc(-c2cc(CNC(=O)c3ccccn3)no2)cc1. The van der Waals surface area contributed by atoms with E-state index in [9.17, 15) is 4.79 Å². The molecule has 0 saturated carbocycles. The maximum Gasteiger partial charge on any atom is 0.270 e. The number of benzene rings is 1. The lowest BCUT2D eigenvalue weighted by Gasteiger charge is -2.01. The molecule has 0 aliphatic rings. The van der Waals surface area contributed by atoms with Crippen molar-refractivity contribution in [1.29, 1.82) is 0 Å². The fourth-order valence-electron chi connectivity index (χ4n) is 2.04. The average molecular weight is 309 g/mol. The molecule has 3 rings (SSSR count). The molecule has 0 aliphatic carbocycles. The molecule has 0 unspecified atom stereocenters. The van der Waals surface area contributed by atoms with E-state index in [2.05, 4.69) is 15.5 Å². The second kappa shape index (κ2) is 6.74. The Hall–Kier alpha value is -3.15. The first-order valence-electron chi connectivity index (χ1n) is 7.05. The van der Waals surface area contributed by atoms with Crippen LogP contribution in [0.4, 0.5) is 0 Å². The first kappa shape index (κ1) is 14.8. The van der Waals surface area contributed by atoms with Crippen LogP contribution in [0.5, 0.6) is 5.75 Å². The molecule has 3 aromatic rings. The summed E-state index contributed by atoms with van der Waals surface area (Å²) in [6.45, 7) is 0.273. The van der Waals surface area contributed by atoms with Crippen LogP contribution < -0.4 is 10.1 Å². The van der Waals surface area contributed by atoms with Gasteiger partial charge in [0.1, 0.15) is 17.1 Å². The molecule has 0 fully saturated rings. The van der Waals surface area contributed by atoms with Gasteiger partial charge >= 0.3 is 0 Å². The first-order valence-corrected chi connectivity index (χ1v) is 7.05. The third kappa shape index (κ3) is 3.55. The van der Waals surface area contributed by atoms with Gasteiger partial charge in [-0.3, -0.25) is 9.78 Å². The van der Waals surface area contributed by atoms with Crippen molar-refractivity contribution < 1.29 is 14.1 Å². The van der Waals surface area contributed by atoms with Gasteiger partial charge < -0.3 is 14.6 Å². The molecule has 1 amide bonds. The zero-order valence-corrected chi connectivity index (χ0v) is 12.5. The molecule has 0 bridgehead atoms. The highest BCUT2D eigenvalue weighted by atomic mass is 16.5. The molecule has 1 aromatic carbocycles. The lowest BCUT2D eigenvalue weighted by atomic mass is 10.1. The highest BCUT2D eigenvalue weighted by molar-refractivity contribution is 5.92. The number of amides is 1. The molecule has 116 valence electrons. The summed E-state index contributed by atoms with van der Waals surface area (Å²) >= 11 is 0. The topological polar surface area (TPSA) is 77.2 Å². The van der Waals surface area contributed by atoms with Crippen LogP contribution in [0.25, 0.3) is 11.3 Å². The van der Waals surface area contributed by atoms with Gasteiger partial charge in [-0.05, 0) is 36.4 Å². The summed E-state index contributed by atoms with van der Waals surface area (Å²) in [5.41, 5.74) is 1.90. The summed E-state index contributed by atoms with van der Waals surface area (Å²) < 4.78 is 10.4. The Labute approximate surface area is 133 Å². The molecule has 6 heteroatoms. The molecule has 0 radical (unpaired) electrons. The smallest absolute Gasteiger partial charge is 0.270 e. The maximum atomic E-state index is 11.9. The summed E-state index contributed by atoms with van der Waals surface area (Å²) in [5.74, 6) is 1.16. The van der Waals surface area contributed by atoms with E-state index in [1.807, 2.05) is 24.3 Å². The third-order valence-corrected chi connectivity index (χ3v) is 3.26. The fraction of sp³-hybridized carbons (Fsp3) is 0.118. The van der Waals surface area contributed by atoms with Gasteiger partial charge in [0.2, 0.25) is 0 Å². The van der Waals surface area contributed by atoms with E-state index in [0.29, 0.717) is 17.1 Å². The van der Waals surface area contributed by atoms with Crippen LogP contribution >= 0.6 is 0 Å². The molecule has 6 nitrogen and oxygen atoms in total. The number of rotatable bonds is 5. The number of nitrogens with one attached hydrogen (secondary N) is 1. The van der Waals surface area contributed by atoms with Crippen LogP contribution in [0.15, 0.2) is 59.3 Å². The quantitative estimate of drug-likeness (QED) is 0.784. The van der Waals surface area contributed by atoms with Gasteiger partial charge in [-0.25, -0.2) is 0 Å². The van der Waals surface area contributed by atoms with Crippen molar-refractivity contribution in [3.8, 4) is 17.1 Å². The van der Waals surface area contributed by atoms with E-state index in [4.69, 9.17) is 9.26 Å². The standard InChI is InChI=1S/C17H15N3O3/c1-22-14-7-5-12(6-8-14)16-10-13(20-23-16)11-19-17(21)15-4-2-3-9-18-15/h2-10H,11H2,1H3,(H,19,21). The number of carbonyl (C=O) groups is 1. The summed E-state index contributed by atoms with van der Waals surface area (Å²) in [7, 11) is 1.62. The Morgan fingerprint density at radius 1 is 1.22 bits per heavy atom. The number of hydrogen-bond donors (Lipinski definition) is 1. The zero-order valence-electron chi connectivity index (χ0n) is 12.5. The van der Waals surface area contributed by atoms with Crippen LogP contribution in [0.2, 0.25) is 0 Å². The molecule has 23 heavy (non-hydrogen) atoms. The van der Waals surface area contributed by atoms with Crippen molar-refractivity contribution in [3.63, 3.8) is 0 Å². The molecule has 1 N–H and O–H groups in total. The second-order valence-electron chi connectivity index (χ2n) is 4.81. The normalized spacial score (nSPS) is 10.3. The van der Waals surface area contributed by atoms with Gasteiger partial charge in [-0.1, -0.05) is 11.2 Å². The molecular weight excluding hydrogens is 294 g/mol. The predicted molar refractivity (Wildman–Crippen MR) is 83.9 cm³/mol. The van der Waals surface area contributed by atoms with Crippen molar-refractivity contribution in [3.05, 3.63) is 66.1 Å². The van der Waals surface area contributed by atoms with Crippen LogP contribution in [0, 0.1) is 0 Å². The number of carbonyl (C=O) groups excluding carboxylic acids is 1. The Morgan fingerprint density at radius 2 is 2.04 bits per heavy atom. The largest absolute Gasteiger partial charge is 0.497 e. The van der Waals surface area contributed by atoms with Crippen LogP contribution in [-0.4, -0.2) is 23.2 Å². The van der Waals surface area contributed by atoms with Crippen LogP contribution in [0.1, 0.15) is 16.2 Å². The molecule has 0 saturated heterocycles. The zero-order chi connectivity index (χ0) is 16.1. The highest BCUT2D eigenvalue weighted by Gasteiger charge is 2.10. The van der Waals surface area contributed by atoms with Crippen molar-refractivity contribution in [2.75, 3.05) is 7.11 Å². The van der Waals surface area contributed by atoms with Gasteiger partial charge in [0.25, 0.3) is 5.91 Å². The monoisotopic (exact) mass is 309 g/mol. The number of ether oxygens (including phenoxy) is 1. The minimum absolute atomic E-state index is 0.250. The summed E-state index contributed by atoms with van der Waals surface area (Å²) in [6, 6.07) is 14.4. The summed E-state index contributed by atoms with van der Waals surface area (Å²) in [6.07, 6.45) is 1.58. The Bertz CT molecular complexity index is 782. The van der Waals surface area contributed by atoms with Crippen LogP contribution in [0.3, 0.4) is 0 Å². The van der Waals surface area contributed by atoms with E-state index < -0.39 is 0 Å². The van der Waals surface area contributed by atoms with E-state index in [0.717, 1.165) is 11.3 Å². The number of methoxy groups -OCH3 is 1. The Balaban J connectivity index is 1.64. The molecular formula is C17H15N3O3. The van der Waals surface area contributed by atoms with E-state index in [1.165, 1.54) is 0 Å². The van der Waals surface area contributed by atoms with E-state index in [-0.39, 0.29) is 12.5 Å². The van der Waals surface area contributed by atoms with E-state index >= 15 is 0 Å². The molecule has 0 atom stereocenters. The molecule has 0 aliphatic heterocycles. The number of nitrogens with zero attached hydrogens (tertiary/aromatic N) is 2. The van der Waals surface area contributed by atoms with Gasteiger partial charge in [-0.2, -0.15) is 0 Å². The Morgan fingerprint density at radius 3 is 2.74 bits per heavy atom. The Kier molecular flexibility index (Phi) is 4.33. The molecule has 2 heterocycles. The van der Waals surface area contributed by atoms with Gasteiger partial charge in [0, 0.05) is 17.8 Å². The lowest BCUT2D eigenvalue weighted by Crippen LogP contribution is -2.23. The predicted octanol–water partition coefficient (Wildman–Crippen LogP) is 2.68.